The molecule has 2 saturated heterocycles. The number of ether oxygens (including phenoxy) is 2. The highest BCUT2D eigenvalue weighted by atomic mass is 32.1. The lowest BCUT2D eigenvalue weighted by atomic mass is 10.0. The van der Waals surface area contributed by atoms with E-state index in [9.17, 15) is 0 Å². The first-order valence-electron chi connectivity index (χ1n) is 7.32. The largest absolute Gasteiger partial charge is 0.347 e. The van der Waals surface area contributed by atoms with Gasteiger partial charge in [-0.25, -0.2) is 4.98 Å². The standard InChI is InChI=1S/C15H18N2O2S2/c1-2-13(20-9-1)14-16-12(11-21-14)10-17-5-3-15(4-6-17)18-7-8-19-15/h1-2,9,11H,3-8,10H2. The maximum Gasteiger partial charge on any atom is 0.170 e. The average molecular weight is 322 g/mol. The minimum atomic E-state index is -0.277. The molecule has 1 spiro atoms. The van der Waals surface area contributed by atoms with Gasteiger partial charge in [0.1, 0.15) is 5.01 Å². The van der Waals surface area contributed by atoms with Crippen LogP contribution in [0.5, 0.6) is 0 Å². The van der Waals surface area contributed by atoms with Gasteiger partial charge in [-0.1, -0.05) is 6.07 Å². The molecule has 21 heavy (non-hydrogen) atoms. The molecule has 0 aromatic carbocycles. The van der Waals surface area contributed by atoms with Crippen molar-refractivity contribution in [3.05, 3.63) is 28.6 Å². The number of thiazole rings is 1. The number of rotatable bonds is 3. The minimum absolute atomic E-state index is 0.277. The highest BCUT2D eigenvalue weighted by molar-refractivity contribution is 7.20. The summed E-state index contributed by atoms with van der Waals surface area (Å²) in [4.78, 5) is 8.47. The SMILES string of the molecule is c1csc(-c2nc(CN3CCC4(CC3)OCCO4)cs2)c1. The average Bonchev–Trinajstić information content (AvgIpc) is 3.23. The third-order valence-electron chi connectivity index (χ3n) is 4.10. The molecular weight excluding hydrogens is 304 g/mol. The molecule has 0 bridgehead atoms. The Balaban J connectivity index is 1.37. The van der Waals surface area contributed by atoms with E-state index in [0.29, 0.717) is 0 Å². The van der Waals surface area contributed by atoms with E-state index in [1.807, 2.05) is 0 Å². The molecule has 2 aliphatic heterocycles. The number of hydrogen-bond acceptors (Lipinski definition) is 6. The van der Waals surface area contributed by atoms with Crippen molar-refractivity contribution in [2.75, 3.05) is 26.3 Å². The fourth-order valence-electron chi connectivity index (χ4n) is 2.96. The Labute approximate surface area is 132 Å². The van der Waals surface area contributed by atoms with E-state index in [1.165, 1.54) is 10.6 Å². The van der Waals surface area contributed by atoms with Crippen LogP contribution in [0, 0.1) is 0 Å². The second kappa shape index (κ2) is 5.78. The normalized spacial score (nSPS) is 22.1. The molecule has 4 rings (SSSR count). The van der Waals surface area contributed by atoms with Crippen LogP contribution < -0.4 is 0 Å². The fourth-order valence-corrected chi connectivity index (χ4v) is 4.58. The molecule has 0 unspecified atom stereocenters. The van der Waals surface area contributed by atoms with Gasteiger partial charge in [-0.2, -0.15) is 0 Å². The molecule has 0 atom stereocenters. The van der Waals surface area contributed by atoms with Gasteiger partial charge in [0.05, 0.1) is 23.8 Å². The molecule has 0 aliphatic carbocycles. The Hall–Kier alpha value is -0.790. The quantitative estimate of drug-likeness (QED) is 0.869. The van der Waals surface area contributed by atoms with Gasteiger partial charge >= 0.3 is 0 Å². The summed E-state index contributed by atoms with van der Waals surface area (Å²) in [5.41, 5.74) is 1.17. The first-order chi connectivity index (χ1) is 10.3. The lowest BCUT2D eigenvalue weighted by Crippen LogP contribution is -2.44. The second-order valence-corrected chi connectivity index (χ2v) is 7.31. The van der Waals surface area contributed by atoms with E-state index in [0.717, 1.165) is 50.7 Å². The van der Waals surface area contributed by atoms with Crippen LogP contribution in [-0.2, 0) is 16.0 Å². The third kappa shape index (κ3) is 2.91. The predicted octanol–water partition coefficient (Wildman–Crippen LogP) is 3.21. The first kappa shape index (κ1) is 13.8. The van der Waals surface area contributed by atoms with Gasteiger partial charge in [0.25, 0.3) is 0 Å². The van der Waals surface area contributed by atoms with Crippen LogP contribution in [0.3, 0.4) is 0 Å². The monoisotopic (exact) mass is 322 g/mol. The number of hydrogen-bond donors (Lipinski definition) is 0. The minimum Gasteiger partial charge on any atom is -0.347 e. The highest BCUT2D eigenvalue weighted by Crippen LogP contribution is 2.32. The molecule has 0 amide bonds. The van der Waals surface area contributed by atoms with Gasteiger partial charge < -0.3 is 9.47 Å². The Bertz CT molecular complexity index is 581. The van der Waals surface area contributed by atoms with E-state index < -0.39 is 0 Å². The molecular formula is C15H18N2O2S2. The van der Waals surface area contributed by atoms with Crippen LogP contribution >= 0.6 is 22.7 Å². The van der Waals surface area contributed by atoms with E-state index in [2.05, 4.69) is 27.8 Å². The molecule has 0 N–H and O–H groups in total. The lowest BCUT2D eigenvalue weighted by molar-refractivity contribution is -0.185. The van der Waals surface area contributed by atoms with Gasteiger partial charge in [0.15, 0.2) is 5.79 Å². The molecule has 2 fully saturated rings. The molecule has 6 heteroatoms. The number of aromatic nitrogens is 1. The van der Waals surface area contributed by atoms with Crippen molar-refractivity contribution in [1.82, 2.24) is 9.88 Å². The van der Waals surface area contributed by atoms with Gasteiger partial charge in [-0.3, -0.25) is 4.90 Å². The van der Waals surface area contributed by atoms with Crippen LogP contribution in [0.4, 0.5) is 0 Å². The third-order valence-corrected chi connectivity index (χ3v) is 6.03. The topological polar surface area (TPSA) is 34.6 Å². The van der Waals surface area contributed by atoms with Crippen molar-refractivity contribution < 1.29 is 9.47 Å². The highest BCUT2D eigenvalue weighted by Gasteiger charge is 2.39. The van der Waals surface area contributed by atoms with Gasteiger partial charge in [-0.15, -0.1) is 22.7 Å². The van der Waals surface area contributed by atoms with Crippen LogP contribution in [-0.4, -0.2) is 42.0 Å². The first-order valence-corrected chi connectivity index (χ1v) is 9.08. The number of likely N-dealkylation sites (tertiary alicyclic amines) is 1. The van der Waals surface area contributed by atoms with Crippen molar-refractivity contribution in [2.45, 2.75) is 25.2 Å². The summed E-state index contributed by atoms with van der Waals surface area (Å²) in [6, 6.07) is 4.21. The Morgan fingerprint density at radius 1 is 1.19 bits per heavy atom. The molecule has 2 aliphatic rings. The summed E-state index contributed by atoms with van der Waals surface area (Å²) < 4.78 is 11.5. The molecule has 4 heterocycles. The van der Waals surface area contributed by atoms with E-state index >= 15 is 0 Å². The summed E-state index contributed by atoms with van der Waals surface area (Å²) in [5.74, 6) is -0.277. The van der Waals surface area contributed by atoms with Gasteiger partial charge in [-0.05, 0) is 11.4 Å². The summed E-state index contributed by atoms with van der Waals surface area (Å²) in [6.45, 7) is 4.46. The maximum atomic E-state index is 5.77. The maximum absolute atomic E-state index is 5.77. The van der Waals surface area contributed by atoms with Crippen LogP contribution in [0.15, 0.2) is 22.9 Å². The van der Waals surface area contributed by atoms with E-state index in [4.69, 9.17) is 14.5 Å². The van der Waals surface area contributed by atoms with Crippen molar-refractivity contribution >= 4 is 22.7 Å². The molecule has 0 radical (unpaired) electrons. The molecule has 2 aromatic rings. The zero-order chi connectivity index (χ0) is 14.1. The summed E-state index contributed by atoms with van der Waals surface area (Å²) >= 11 is 3.49. The number of piperidine rings is 1. The smallest absolute Gasteiger partial charge is 0.170 e. The van der Waals surface area contributed by atoms with E-state index in [-0.39, 0.29) is 5.79 Å². The lowest BCUT2D eigenvalue weighted by Gasteiger charge is -2.37. The summed E-state index contributed by atoms with van der Waals surface area (Å²) in [5, 5.41) is 5.42. The van der Waals surface area contributed by atoms with Crippen molar-refractivity contribution in [1.29, 1.82) is 0 Å². The Morgan fingerprint density at radius 2 is 2.00 bits per heavy atom. The van der Waals surface area contributed by atoms with Crippen LogP contribution in [0.25, 0.3) is 9.88 Å². The van der Waals surface area contributed by atoms with E-state index in [1.54, 1.807) is 22.7 Å². The number of nitrogens with zero attached hydrogens (tertiary/aromatic N) is 2. The predicted molar refractivity (Wildman–Crippen MR) is 84.6 cm³/mol. The van der Waals surface area contributed by atoms with Crippen molar-refractivity contribution in [3.63, 3.8) is 0 Å². The molecule has 0 saturated carbocycles. The Morgan fingerprint density at radius 3 is 2.71 bits per heavy atom. The zero-order valence-electron chi connectivity index (χ0n) is 11.8. The van der Waals surface area contributed by atoms with Crippen LogP contribution in [0.1, 0.15) is 18.5 Å². The van der Waals surface area contributed by atoms with Crippen molar-refractivity contribution in [2.24, 2.45) is 0 Å². The Kier molecular flexibility index (Phi) is 3.81. The molecule has 4 nitrogen and oxygen atoms in total. The summed E-state index contributed by atoms with van der Waals surface area (Å²) in [6.07, 6.45) is 1.93. The molecule has 2 aromatic heterocycles. The van der Waals surface area contributed by atoms with Gasteiger partial charge in [0.2, 0.25) is 0 Å². The molecule has 112 valence electrons. The second-order valence-electron chi connectivity index (χ2n) is 5.51. The summed E-state index contributed by atoms with van der Waals surface area (Å²) in [7, 11) is 0. The van der Waals surface area contributed by atoms with Gasteiger partial charge in [0, 0.05) is 37.9 Å². The zero-order valence-corrected chi connectivity index (χ0v) is 13.4. The van der Waals surface area contributed by atoms with Crippen molar-refractivity contribution in [3.8, 4) is 9.88 Å². The number of thiophene rings is 1. The van der Waals surface area contributed by atoms with Crippen LogP contribution in [0.2, 0.25) is 0 Å². The fraction of sp³-hybridized carbons (Fsp3) is 0.533.